The molecule has 0 aromatic carbocycles. The van der Waals surface area contributed by atoms with E-state index < -0.39 is 12.5 Å². The fourth-order valence-electron chi connectivity index (χ4n) is 1.16. The first-order valence-electron chi connectivity index (χ1n) is 4.11. The van der Waals surface area contributed by atoms with E-state index in [-0.39, 0.29) is 24.3 Å². The van der Waals surface area contributed by atoms with Crippen molar-refractivity contribution >= 4 is 11.5 Å². The van der Waals surface area contributed by atoms with Gasteiger partial charge in [-0.05, 0) is 0 Å². The Bertz CT molecular complexity index is 280. The van der Waals surface area contributed by atoms with E-state index in [1.54, 1.807) is 6.92 Å². The molecule has 1 atom stereocenters. The number of ketones is 1. The third-order valence-corrected chi connectivity index (χ3v) is 1.94. The average Bonchev–Trinajstić information content (AvgIpc) is 2.60. The van der Waals surface area contributed by atoms with Gasteiger partial charge in [0.05, 0.1) is 5.29 Å². The predicted molar refractivity (Wildman–Crippen MR) is 44.8 cm³/mol. The topological polar surface area (TPSA) is 62.1 Å². The summed E-state index contributed by atoms with van der Waals surface area (Å²) >= 11 is 0. The van der Waals surface area contributed by atoms with Gasteiger partial charge in [0.15, 0.2) is 5.78 Å². The number of carbonyl (C=O) groups is 1. The zero-order chi connectivity index (χ0) is 10.7. The molecule has 1 aliphatic heterocycles. The largest absolute Gasteiger partial charge is 0.293 e. The van der Waals surface area contributed by atoms with E-state index in [0.717, 1.165) is 0 Å². The lowest BCUT2D eigenvalue weighted by Gasteiger charge is -2.12. The quantitative estimate of drug-likeness (QED) is 0.650. The number of hydrogen-bond donors (Lipinski definition) is 0. The van der Waals surface area contributed by atoms with Gasteiger partial charge in [0.2, 0.25) is 0 Å². The number of rotatable bonds is 4. The Kier molecular flexibility index (Phi) is 3.21. The maximum atomic E-state index is 12.3. The van der Waals surface area contributed by atoms with Crippen LogP contribution in [0.2, 0.25) is 0 Å². The van der Waals surface area contributed by atoms with Crippen molar-refractivity contribution in [2.24, 2.45) is 10.4 Å². The van der Waals surface area contributed by atoms with Gasteiger partial charge in [0.1, 0.15) is 11.8 Å². The van der Waals surface area contributed by atoms with E-state index in [1.165, 1.54) is 0 Å². The zero-order valence-corrected chi connectivity index (χ0v) is 7.48. The molecule has 1 heterocycles. The number of hydrogen-bond acceptors (Lipinski definition) is 4. The molecule has 78 valence electrons. The van der Waals surface area contributed by atoms with Gasteiger partial charge < -0.3 is 0 Å². The Morgan fingerprint density at radius 2 is 2.43 bits per heavy atom. The number of hydrazone groups is 1. The minimum absolute atomic E-state index is 0.00241. The van der Waals surface area contributed by atoms with Crippen LogP contribution >= 0.6 is 0 Å². The number of nitrogens with zero attached hydrogens (tertiary/aromatic N) is 3. The first-order valence-corrected chi connectivity index (χ1v) is 4.11. The number of Topliss-reactive ketones (excluding diaryl/α,β-unsaturated/α-hetero) is 1. The summed E-state index contributed by atoms with van der Waals surface area (Å²) in [5, 5.41) is 6.11. The predicted octanol–water partition coefficient (Wildman–Crippen LogP) is 1.34. The molecule has 0 spiro atoms. The molecule has 0 saturated heterocycles. The fourth-order valence-corrected chi connectivity index (χ4v) is 1.16. The summed E-state index contributed by atoms with van der Waals surface area (Å²) < 4.78 is 24.6. The van der Waals surface area contributed by atoms with Crippen LogP contribution in [0, 0.1) is 4.91 Å². The highest BCUT2D eigenvalue weighted by atomic mass is 19.3. The first-order chi connectivity index (χ1) is 6.60. The molecule has 14 heavy (non-hydrogen) atoms. The van der Waals surface area contributed by atoms with Gasteiger partial charge >= 0.3 is 0 Å². The highest BCUT2D eigenvalue weighted by Gasteiger charge is 2.36. The number of alkyl halides is 2. The Morgan fingerprint density at radius 1 is 1.79 bits per heavy atom. The van der Waals surface area contributed by atoms with Crippen molar-refractivity contribution in [1.82, 2.24) is 5.12 Å². The van der Waals surface area contributed by atoms with Gasteiger partial charge in [-0.15, -0.1) is 10.0 Å². The number of carbonyl (C=O) groups excluding carboxylic acids is 1. The van der Waals surface area contributed by atoms with E-state index >= 15 is 0 Å². The molecular weight excluding hydrogens is 196 g/mol. The lowest BCUT2D eigenvalue weighted by atomic mass is 10.1. The van der Waals surface area contributed by atoms with Gasteiger partial charge in [-0.2, -0.15) is 5.10 Å². The molecule has 1 rings (SSSR count). The lowest BCUT2D eigenvalue weighted by molar-refractivity contribution is -0.112. The Labute approximate surface area is 78.7 Å². The summed E-state index contributed by atoms with van der Waals surface area (Å²) in [6.45, 7) is 1.60. The van der Waals surface area contributed by atoms with Crippen molar-refractivity contribution < 1.29 is 13.6 Å². The van der Waals surface area contributed by atoms with E-state index in [2.05, 4.69) is 10.4 Å². The van der Waals surface area contributed by atoms with Crippen LogP contribution in [0.3, 0.4) is 0 Å². The fraction of sp³-hybridized carbons (Fsp3) is 0.714. The van der Waals surface area contributed by atoms with Crippen molar-refractivity contribution in [2.45, 2.75) is 32.2 Å². The Hall–Kier alpha value is -1.40. The lowest BCUT2D eigenvalue weighted by Crippen LogP contribution is -2.29. The van der Waals surface area contributed by atoms with Gasteiger partial charge in [-0.25, -0.2) is 8.78 Å². The minimum atomic E-state index is -2.74. The second-order valence-electron chi connectivity index (χ2n) is 2.83. The number of halogens is 2. The molecule has 0 aliphatic carbocycles. The maximum Gasteiger partial charge on any atom is 0.262 e. The zero-order valence-electron chi connectivity index (χ0n) is 7.48. The molecule has 0 N–H and O–H groups in total. The summed E-state index contributed by atoms with van der Waals surface area (Å²) in [6, 6.07) is -1.39. The van der Waals surface area contributed by atoms with Crippen molar-refractivity contribution in [3.8, 4) is 0 Å². The number of nitroso groups, excluding NO2 is 1. The van der Waals surface area contributed by atoms with E-state index in [4.69, 9.17) is 0 Å². The van der Waals surface area contributed by atoms with Crippen molar-refractivity contribution in [3.63, 3.8) is 0 Å². The molecule has 0 radical (unpaired) electrons. The van der Waals surface area contributed by atoms with E-state index in [0.29, 0.717) is 5.12 Å². The van der Waals surface area contributed by atoms with Crippen molar-refractivity contribution in [3.05, 3.63) is 4.91 Å². The average molecular weight is 205 g/mol. The van der Waals surface area contributed by atoms with Gasteiger partial charge in [0, 0.05) is 12.8 Å². The Balaban J connectivity index is 2.76. The van der Waals surface area contributed by atoms with Crippen LogP contribution in [0.15, 0.2) is 10.4 Å². The van der Waals surface area contributed by atoms with Crippen LogP contribution in [-0.2, 0) is 4.79 Å². The van der Waals surface area contributed by atoms with Crippen LogP contribution in [0.4, 0.5) is 8.78 Å². The summed E-state index contributed by atoms with van der Waals surface area (Å²) in [4.78, 5) is 21.2. The monoisotopic (exact) mass is 205 g/mol. The molecule has 0 saturated carbocycles. The molecule has 0 aromatic rings. The smallest absolute Gasteiger partial charge is 0.262 e. The molecule has 0 bridgehead atoms. The van der Waals surface area contributed by atoms with Crippen LogP contribution in [0.5, 0.6) is 0 Å². The van der Waals surface area contributed by atoms with E-state index in [9.17, 15) is 18.5 Å². The Morgan fingerprint density at radius 3 is 2.79 bits per heavy atom. The summed E-state index contributed by atoms with van der Waals surface area (Å²) in [5.74, 6) is -0.332. The molecule has 0 amide bonds. The third kappa shape index (κ3) is 1.91. The maximum absolute atomic E-state index is 12.3. The van der Waals surface area contributed by atoms with Crippen LogP contribution in [0.25, 0.3) is 0 Å². The minimum Gasteiger partial charge on any atom is -0.293 e. The van der Waals surface area contributed by atoms with Crippen LogP contribution in [-0.4, -0.2) is 29.1 Å². The van der Waals surface area contributed by atoms with Gasteiger partial charge in [-0.3, -0.25) is 4.79 Å². The molecule has 1 aliphatic rings. The second kappa shape index (κ2) is 4.21. The normalized spacial score (nSPS) is 21.3. The molecule has 7 heteroatoms. The molecular formula is C7H9F2N3O2. The van der Waals surface area contributed by atoms with Gasteiger partial charge in [-0.1, -0.05) is 6.92 Å². The highest BCUT2D eigenvalue weighted by Crippen LogP contribution is 2.22. The summed E-state index contributed by atoms with van der Waals surface area (Å²) in [7, 11) is 0. The molecule has 0 aromatic heterocycles. The molecule has 5 nitrogen and oxygen atoms in total. The SMILES string of the molecule is CCC(=O)C1=NN(N=O)C(C(F)F)C1. The molecule has 0 fully saturated rings. The van der Waals surface area contributed by atoms with Crippen LogP contribution < -0.4 is 0 Å². The standard InChI is InChI=1S/C7H9F2N3O2/c1-2-6(13)4-3-5(7(8)9)12(10-4)11-14/h5,7H,2-3H2,1H3. The summed E-state index contributed by atoms with van der Waals surface area (Å²) in [6.07, 6.45) is -2.77. The first kappa shape index (κ1) is 10.7. The molecule has 1 unspecified atom stereocenters. The second-order valence-corrected chi connectivity index (χ2v) is 2.83. The van der Waals surface area contributed by atoms with Crippen molar-refractivity contribution in [1.29, 1.82) is 0 Å². The summed E-state index contributed by atoms with van der Waals surface area (Å²) in [5.41, 5.74) is -0.00241. The highest BCUT2D eigenvalue weighted by molar-refractivity contribution is 6.40. The van der Waals surface area contributed by atoms with Crippen molar-refractivity contribution in [2.75, 3.05) is 0 Å². The van der Waals surface area contributed by atoms with Gasteiger partial charge in [0.25, 0.3) is 6.43 Å². The third-order valence-electron chi connectivity index (χ3n) is 1.94. The van der Waals surface area contributed by atoms with Crippen LogP contribution in [0.1, 0.15) is 19.8 Å². The van der Waals surface area contributed by atoms with E-state index in [1.807, 2.05) is 0 Å².